The van der Waals surface area contributed by atoms with E-state index in [1.165, 1.54) is 68.8 Å². The fourth-order valence-corrected chi connectivity index (χ4v) is 7.65. The number of nitrogens with zero attached hydrogens (tertiary/aromatic N) is 2. The quantitative estimate of drug-likeness (QED) is 0.188. The van der Waals surface area contributed by atoms with E-state index in [-0.39, 0.29) is 11.5 Å². The summed E-state index contributed by atoms with van der Waals surface area (Å²) in [6.07, 6.45) is 6.11. The highest BCUT2D eigenvalue weighted by Crippen LogP contribution is 2.41. The molecule has 0 aliphatic carbocycles. The smallest absolute Gasteiger partial charge is 0.195 e. The second kappa shape index (κ2) is 12.4. The fraction of sp³-hybridized carbons (Fsp3) is 0.364. The predicted octanol–water partition coefficient (Wildman–Crippen LogP) is 7.38. The first-order valence-electron chi connectivity index (χ1n) is 14.3. The van der Waals surface area contributed by atoms with E-state index in [0.717, 1.165) is 50.3 Å². The summed E-state index contributed by atoms with van der Waals surface area (Å²) in [5, 5.41) is 11.0. The van der Waals surface area contributed by atoms with Crippen LogP contribution in [0.4, 0.5) is 0 Å². The van der Waals surface area contributed by atoms with Crippen LogP contribution in [0, 0.1) is 0 Å². The summed E-state index contributed by atoms with van der Waals surface area (Å²) < 4.78 is 7.88. The van der Waals surface area contributed by atoms with Crippen molar-refractivity contribution in [3.8, 4) is 21.9 Å². The van der Waals surface area contributed by atoms with E-state index in [1.807, 2.05) is 42.5 Å². The molecule has 0 atom stereocenters. The first-order chi connectivity index (χ1) is 19.5. The van der Waals surface area contributed by atoms with Gasteiger partial charge in [0.25, 0.3) is 0 Å². The van der Waals surface area contributed by atoms with Gasteiger partial charge in [0, 0.05) is 43.7 Å². The Morgan fingerprint density at radius 1 is 0.875 bits per heavy atom. The number of benzene rings is 3. The second-order valence-corrected chi connectivity index (χ2v) is 12.7. The summed E-state index contributed by atoms with van der Waals surface area (Å²) in [6, 6.07) is 19.3. The maximum Gasteiger partial charge on any atom is 0.195 e. The number of ketones is 1. The molecule has 2 aliphatic heterocycles. The first kappa shape index (κ1) is 27.5. The molecule has 208 valence electrons. The summed E-state index contributed by atoms with van der Waals surface area (Å²) in [5.41, 5.74) is 3.54. The summed E-state index contributed by atoms with van der Waals surface area (Å²) in [6.45, 7) is 7.37. The van der Waals surface area contributed by atoms with E-state index in [1.54, 1.807) is 12.1 Å². The molecule has 0 unspecified atom stereocenters. The number of hydrogen-bond acceptors (Lipinski definition) is 6. The molecule has 5 nitrogen and oxygen atoms in total. The lowest BCUT2D eigenvalue weighted by molar-refractivity contribution is 0.104. The van der Waals surface area contributed by atoms with Crippen LogP contribution in [-0.2, 0) is 6.42 Å². The van der Waals surface area contributed by atoms with Crippen LogP contribution in [0.2, 0.25) is 0 Å². The van der Waals surface area contributed by atoms with Crippen LogP contribution in [0.25, 0.3) is 20.5 Å². The molecule has 0 bridgehead atoms. The van der Waals surface area contributed by atoms with Gasteiger partial charge in [0.05, 0.1) is 0 Å². The molecule has 0 radical (unpaired) electrons. The minimum atomic E-state index is -0.00956. The van der Waals surface area contributed by atoms with Crippen LogP contribution >= 0.6 is 27.3 Å². The maximum atomic E-state index is 14.1. The number of hydrogen-bond donors (Lipinski definition) is 1. The number of phenolic OH excluding ortho intramolecular Hbond substituents is 1. The number of phenols is 1. The van der Waals surface area contributed by atoms with Gasteiger partial charge >= 0.3 is 0 Å². The van der Waals surface area contributed by atoms with Gasteiger partial charge in [0.1, 0.15) is 18.1 Å². The molecule has 1 N–H and O–H groups in total. The molecule has 0 spiro atoms. The van der Waals surface area contributed by atoms with Gasteiger partial charge in [0.15, 0.2) is 5.78 Å². The molecule has 2 fully saturated rings. The highest BCUT2D eigenvalue weighted by Gasteiger charge is 2.23. The van der Waals surface area contributed by atoms with E-state index in [9.17, 15) is 9.90 Å². The van der Waals surface area contributed by atoms with E-state index < -0.39 is 0 Å². The molecule has 0 saturated carbocycles. The second-order valence-electron chi connectivity index (χ2n) is 10.8. The molecule has 0 amide bonds. The zero-order chi connectivity index (χ0) is 27.5. The van der Waals surface area contributed by atoms with Crippen LogP contribution in [0.1, 0.15) is 47.2 Å². The van der Waals surface area contributed by atoms with E-state index in [4.69, 9.17) is 4.74 Å². The lowest BCUT2D eigenvalue weighted by Crippen LogP contribution is -2.25. The number of fused-ring (bicyclic) bond motifs is 1. The number of halogens is 1. The van der Waals surface area contributed by atoms with Crippen LogP contribution in [0.15, 0.2) is 65.1 Å². The third-order valence-corrected chi connectivity index (χ3v) is 10.0. The molecule has 40 heavy (non-hydrogen) atoms. The average molecular weight is 620 g/mol. The van der Waals surface area contributed by atoms with Gasteiger partial charge in [-0.2, -0.15) is 0 Å². The summed E-state index contributed by atoms with van der Waals surface area (Å²) in [7, 11) is 0. The van der Waals surface area contributed by atoms with Crippen molar-refractivity contribution in [1.82, 2.24) is 9.80 Å². The Balaban J connectivity index is 1.24. The molecule has 2 aliphatic rings. The van der Waals surface area contributed by atoms with Crippen molar-refractivity contribution >= 4 is 43.1 Å². The molecular weight excluding hydrogens is 584 g/mol. The van der Waals surface area contributed by atoms with Crippen molar-refractivity contribution in [3.05, 3.63) is 81.8 Å². The third-order valence-electron chi connectivity index (χ3n) is 8.10. The van der Waals surface area contributed by atoms with E-state index in [0.29, 0.717) is 17.7 Å². The summed E-state index contributed by atoms with van der Waals surface area (Å²) in [5.74, 6) is 1.03. The third kappa shape index (κ3) is 6.13. The number of likely N-dealkylation sites (tertiary alicyclic amines) is 2. The predicted molar refractivity (Wildman–Crippen MR) is 167 cm³/mol. The van der Waals surface area contributed by atoms with Gasteiger partial charge in [-0.3, -0.25) is 9.69 Å². The maximum absolute atomic E-state index is 14.1. The van der Waals surface area contributed by atoms with Gasteiger partial charge in [0.2, 0.25) is 0 Å². The average Bonchev–Trinajstić information content (AvgIpc) is 3.74. The van der Waals surface area contributed by atoms with Gasteiger partial charge in [-0.25, -0.2) is 0 Å². The van der Waals surface area contributed by atoms with E-state index >= 15 is 0 Å². The first-order valence-corrected chi connectivity index (χ1v) is 15.9. The Morgan fingerprint density at radius 3 is 2.27 bits per heavy atom. The number of rotatable bonds is 10. The van der Waals surface area contributed by atoms with Gasteiger partial charge in [-0.05, 0) is 118 Å². The summed E-state index contributed by atoms with van der Waals surface area (Å²) >= 11 is 5.28. The molecule has 1 aromatic heterocycles. The van der Waals surface area contributed by atoms with Crippen molar-refractivity contribution in [1.29, 1.82) is 0 Å². The number of ether oxygens (including phenoxy) is 1. The van der Waals surface area contributed by atoms with Crippen molar-refractivity contribution < 1.29 is 14.6 Å². The van der Waals surface area contributed by atoms with Crippen LogP contribution in [-0.4, -0.2) is 66.6 Å². The topological polar surface area (TPSA) is 53.0 Å². The lowest BCUT2D eigenvalue weighted by Gasteiger charge is -2.15. The van der Waals surface area contributed by atoms with Crippen molar-refractivity contribution in [3.63, 3.8) is 0 Å². The number of aromatic hydroxyl groups is 1. The SMILES string of the molecule is O=C(c1ccc(CCN2CCCC2)c(Br)c1)c1c(-c2ccc(OCCN3CCCC3)cc2)sc2cc(O)ccc12. The molecular formula is C33H35BrN2O3S. The zero-order valence-electron chi connectivity index (χ0n) is 22.7. The molecule has 6 rings (SSSR count). The van der Waals surface area contributed by atoms with E-state index in [2.05, 4.69) is 31.8 Å². The Labute approximate surface area is 248 Å². The number of thiophene rings is 1. The highest BCUT2D eigenvalue weighted by molar-refractivity contribution is 9.10. The summed E-state index contributed by atoms with van der Waals surface area (Å²) in [4.78, 5) is 19.9. The Bertz CT molecular complexity index is 1490. The standard InChI is InChI=1S/C33H35BrN2O3S/c34-29-21-25(6-5-23(29)13-18-35-14-1-2-15-35)32(38)31-28-12-9-26(37)22-30(28)40-33(31)24-7-10-27(11-8-24)39-20-19-36-16-3-4-17-36/h5-12,21-22,37H,1-4,13-20H2. The monoisotopic (exact) mass is 618 g/mol. The molecule has 4 aromatic rings. The number of carbonyl (C=O) groups is 1. The van der Waals surface area contributed by atoms with Crippen molar-refractivity contribution in [2.45, 2.75) is 32.1 Å². The van der Waals surface area contributed by atoms with Crippen molar-refractivity contribution in [2.24, 2.45) is 0 Å². The molecule has 3 aromatic carbocycles. The fourth-order valence-electron chi connectivity index (χ4n) is 5.84. The molecule has 7 heteroatoms. The Hall–Kier alpha value is -2.71. The van der Waals surface area contributed by atoms with Gasteiger partial charge in [-0.1, -0.05) is 28.1 Å². The minimum Gasteiger partial charge on any atom is -0.508 e. The van der Waals surface area contributed by atoms with Gasteiger partial charge < -0.3 is 14.7 Å². The van der Waals surface area contributed by atoms with Crippen molar-refractivity contribution in [2.75, 3.05) is 45.9 Å². The largest absolute Gasteiger partial charge is 0.508 e. The highest BCUT2D eigenvalue weighted by atomic mass is 79.9. The lowest BCUT2D eigenvalue weighted by atomic mass is 9.96. The van der Waals surface area contributed by atoms with Gasteiger partial charge in [-0.15, -0.1) is 11.3 Å². The minimum absolute atomic E-state index is 0.00956. The van der Waals surface area contributed by atoms with Crippen LogP contribution in [0.3, 0.4) is 0 Å². The Kier molecular flexibility index (Phi) is 8.54. The van der Waals surface area contributed by atoms with Crippen LogP contribution in [0.5, 0.6) is 11.5 Å². The molecule has 2 saturated heterocycles. The Morgan fingerprint density at radius 2 is 1.57 bits per heavy atom. The van der Waals surface area contributed by atoms with Crippen LogP contribution < -0.4 is 4.74 Å². The normalized spacial score (nSPS) is 16.2. The zero-order valence-corrected chi connectivity index (χ0v) is 25.1. The number of carbonyl (C=O) groups excluding carboxylic acids is 1. The molecule has 3 heterocycles.